The molecule has 0 aliphatic rings. The fraction of sp³-hybridized carbons (Fsp3) is 0.500. The highest BCUT2D eigenvalue weighted by Crippen LogP contribution is 2.19. The van der Waals surface area contributed by atoms with Gasteiger partial charge in [-0.25, -0.2) is 4.39 Å². The molecule has 0 radical (unpaired) electrons. The van der Waals surface area contributed by atoms with Crippen molar-refractivity contribution in [2.24, 2.45) is 0 Å². The number of nitrogens with one attached hydrogen (secondary N) is 1. The molecule has 0 atom stereocenters. The Labute approximate surface area is 104 Å². The summed E-state index contributed by atoms with van der Waals surface area (Å²) in [6.45, 7) is 1.02. The van der Waals surface area contributed by atoms with Crippen molar-refractivity contribution in [1.29, 1.82) is 0 Å². The average molecular weight is 290 g/mol. The highest BCUT2D eigenvalue weighted by atomic mass is 79.9. The van der Waals surface area contributed by atoms with Gasteiger partial charge in [0.05, 0.1) is 5.69 Å². The second-order valence-corrected chi connectivity index (χ2v) is 4.60. The number of rotatable bonds is 7. The molecule has 0 aromatic heterocycles. The molecule has 0 aliphatic carbocycles. The van der Waals surface area contributed by atoms with Crippen molar-refractivity contribution in [3.8, 4) is 0 Å². The summed E-state index contributed by atoms with van der Waals surface area (Å²) in [5.74, 6) is -0.224. The van der Waals surface area contributed by atoms with Gasteiger partial charge in [0.25, 0.3) is 0 Å². The van der Waals surface area contributed by atoms with Crippen molar-refractivity contribution in [3.05, 3.63) is 28.5 Å². The van der Waals surface area contributed by atoms with Crippen LogP contribution >= 0.6 is 15.9 Å². The van der Waals surface area contributed by atoms with Crippen molar-refractivity contribution in [3.63, 3.8) is 0 Å². The molecular weight excluding hydrogens is 273 g/mol. The van der Waals surface area contributed by atoms with E-state index in [2.05, 4.69) is 21.2 Å². The normalized spacial score (nSPS) is 10.4. The summed E-state index contributed by atoms with van der Waals surface area (Å²) in [6.07, 6.45) is 3.93. The first kappa shape index (κ1) is 13.5. The standard InChI is InChI=1S/C12H17BrFNO/c13-10-5-6-11(14)12(9-10)15-7-3-1-2-4-8-16/h5-6,9,15-16H,1-4,7-8H2. The fourth-order valence-corrected chi connectivity index (χ4v) is 1.81. The highest BCUT2D eigenvalue weighted by molar-refractivity contribution is 9.10. The molecule has 0 amide bonds. The van der Waals surface area contributed by atoms with Gasteiger partial charge in [0.15, 0.2) is 0 Å². The van der Waals surface area contributed by atoms with Gasteiger partial charge in [0.2, 0.25) is 0 Å². The molecule has 4 heteroatoms. The van der Waals surface area contributed by atoms with Gasteiger partial charge in [-0.15, -0.1) is 0 Å². The van der Waals surface area contributed by atoms with Gasteiger partial charge in [-0.05, 0) is 31.0 Å². The molecule has 0 bridgehead atoms. The maximum Gasteiger partial charge on any atom is 0.146 e. The summed E-state index contributed by atoms with van der Waals surface area (Å²) >= 11 is 3.31. The molecule has 0 fully saturated rings. The fourth-order valence-electron chi connectivity index (χ4n) is 1.45. The first-order chi connectivity index (χ1) is 7.74. The van der Waals surface area contributed by atoms with E-state index in [9.17, 15) is 4.39 Å². The van der Waals surface area contributed by atoms with Gasteiger partial charge < -0.3 is 10.4 Å². The van der Waals surface area contributed by atoms with Gasteiger partial charge in [-0.2, -0.15) is 0 Å². The number of hydrogen-bond donors (Lipinski definition) is 2. The lowest BCUT2D eigenvalue weighted by Crippen LogP contribution is -2.03. The van der Waals surface area contributed by atoms with E-state index < -0.39 is 0 Å². The molecule has 2 N–H and O–H groups in total. The van der Waals surface area contributed by atoms with Gasteiger partial charge in [-0.1, -0.05) is 28.8 Å². The molecule has 0 unspecified atom stereocenters. The Morgan fingerprint density at radius 1 is 1.19 bits per heavy atom. The number of benzene rings is 1. The van der Waals surface area contributed by atoms with Gasteiger partial charge in [0.1, 0.15) is 5.82 Å². The van der Waals surface area contributed by atoms with Crippen LogP contribution in [0.1, 0.15) is 25.7 Å². The van der Waals surface area contributed by atoms with Gasteiger partial charge in [-0.3, -0.25) is 0 Å². The lowest BCUT2D eigenvalue weighted by molar-refractivity contribution is 0.283. The lowest BCUT2D eigenvalue weighted by atomic mass is 10.2. The van der Waals surface area contributed by atoms with E-state index in [1.54, 1.807) is 12.1 Å². The number of aliphatic hydroxyl groups excluding tert-OH is 1. The van der Waals surface area contributed by atoms with E-state index in [1.165, 1.54) is 6.07 Å². The first-order valence-electron chi connectivity index (χ1n) is 5.54. The first-order valence-corrected chi connectivity index (χ1v) is 6.33. The number of unbranched alkanes of at least 4 members (excludes halogenated alkanes) is 3. The predicted octanol–water partition coefficient (Wildman–Crippen LogP) is 3.55. The van der Waals surface area contributed by atoms with Crippen LogP contribution < -0.4 is 5.32 Å². The topological polar surface area (TPSA) is 32.3 Å². The third-order valence-electron chi connectivity index (χ3n) is 2.33. The monoisotopic (exact) mass is 289 g/mol. The molecule has 1 rings (SSSR count). The zero-order valence-electron chi connectivity index (χ0n) is 9.18. The van der Waals surface area contributed by atoms with Crippen LogP contribution in [-0.2, 0) is 0 Å². The van der Waals surface area contributed by atoms with Gasteiger partial charge in [0, 0.05) is 17.6 Å². The number of halogens is 2. The Morgan fingerprint density at radius 3 is 2.69 bits per heavy atom. The zero-order chi connectivity index (χ0) is 11.8. The van der Waals surface area contributed by atoms with E-state index in [0.29, 0.717) is 5.69 Å². The lowest BCUT2D eigenvalue weighted by Gasteiger charge is -2.07. The average Bonchev–Trinajstić information content (AvgIpc) is 2.28. The van der Waals surface area contributed by atoms with Crippen LogP contribution in [0.15, 0.2) is 22.7 Å². The quantitative estimate of drug-likeness (QED) is 0.753. The van der Waals surface area contributed by atoms with Crippen molar-refractivity contribution >= 4 is 21.6 Å². The minimum absolute atomic E-state index is 0.224. The van der Waals surface area contributed by atoms with Crippen LogP contribution in [0.4, 0.5) is 10.1 Å². The summed E-state index contributed by atoms with van der Waals surface area (Å²) in [5, 5.41) is 11.7. The molecule has 0 saturated carbocycles. The third-order valence-corrected chi connectivity index (χ3v) is 2.82. The van der Waals surface area contributed by atoms with Crippen LogP contribution in [0.2, 0.25) is 0 Å². The van der Waals surface area contributed by atoms with E-state index in [1.807, 2.05) is 0 Å². The molecule has 0 spiro atoms. The van der Waals surface area contributed by atoms with Crippen molar-refractivity contribution in [2.75, 3.05) is 18.5 Å². The SMILES string of the molecule is OCCCCCCNc1cc(Br)ccc1F. The molecular formula is C12H17BrFNO. The minimum Gasteiger partial charge on any atom is -0.396 e. The zero-order valence-corrected chi connectivity index (χ0v) is 10.8. The van der Waals surface area contributed by atoms with Crippen molar-refractivity contribution in [2.45, 2.75) is 25.7 Å². The molecule has 1 aromatic carbocycles. The number of aliphatic hydroxyl groups is 1. The molecule has 90 valence electrons. The summed E-state index contributed by atoms with van der Waals surface area (Å²) in [6, 6.07) is 4.86. The Balaban J connectivity index is 2.23. The Kier molecular flexibility index (Phi) is 6.42. The maximum atomic E-state index is 13.3. The number of anilines is 1. The molecule has 1 aromatic rings. The largest absolute Gasteiger partial charge is 0.396 e. The van der Waals surface area contributed by atoms with Crippen molar-refractivity contribution < 1.29 is 9.50 Å². The summed E-state index contributed by atoms with van der Waals surface area (Å²) in [4.78, 5) is 0. The smallest absolute Gasteiger partial charge is 0.146 e. The Bertz CT molecular complexity index is 320. The molecule has 16 heavy (non-hydrogen) atoms. The molecule has 0 aliphatic heterocycles. The summed E-state index contributed by atoms with van der Waals surface area (Å²) < 4.78 is 14.2. The van der Waals surface area contributed by atoms with Crippen LogP contribution in [0.3, 0.4) is 0 Å². The molecule has 0 saturated heterocycles. The summed E-state index contributed by atoms with van der Waals surface area (Å²) in [7, 11) is 0. The second kappa shape index (κ2) is 7.63. The maximum absolute atomic E-state index is 13.3. The number of hydrogen-bond acceptors (Lipinski definition) is 2. The highest BCUT2D eigenvalue weighted by Gasteiger charge is 2.01. The minimum atomic E-state index is -0.224. The van der Waals surface area contributed by atoms with E-state index in [0.717, 1.165) is 36.7 Å². The van der Waals surface area contributed by atoms with Gasteiger partial charge >= 0.3 is 0 Å². The third kappa shape index (κ3) is 4.94. The predicted molar refractivity (Wildman–Crippen MR) is 68.1 cm³/mol. The van der Waals surface area contributed by atoms with E-state index >= 15 is 0 Å². The molecule has 0 heterocycles. The Hall–Kier alpha value is -0.610. The van der Waals surface area contributed by atoms with Crippen LogP contribution in [0.25, 0.3) is 0 Å². The van der Waals surface area contributed by atoms with Crippen LogP contribution in [0.5, 0.6) is 0 Å². The van der Waals surface area contributed by atoms with Crippen LogP contribution in [0, 0.1) is 5.82 Å². The second-order valence-electron chi connectivity index (χ2n) is 3.69. The van der Waals surface area contributed by atoms with Crippen molar-refractivity contribution in [1.82, 2.24) is 0 Å². The molecule has 2 nitrogen and oxygen atoms in total. The van der Waals surface area contributed by atoms with Crippen LogP contribution in [-0.4, -0.2) is 18.3 Å². The van der Waals surface area contributed by atoms with E-state index in [4.69, 9.17) is 5.11 Å². The van der Waals surface area contributed by atoms with E-state index in [-0.39, 0.29) is 12.4 Å². The Morgan fingerprint density at radius 2 is 1.94 bits per heavy atom. The summed E-state index contributed by atoms with van der Waals surface area (Å²) in [5.41, 5.74) is 0.538.